The molecule has 0 amide bonds. The van der Waals surface area contributed by atoms with Gasteiger partial charge in [-0.05, 0) is 61.3 Å². The van der Waals surface area contributed by atoms with Crippen LogP contribution >= 0.6 is 24.0 Å². The molecule has 0 saturated heterocycles. The van der Waals surface area contributed by atoms with Crippen molar-refractivity contribution in [3.8, 4) is 11.3 Å². The third-order valence-corrected chi connectivity index (χ3v) is 4.33. The first kappa shape index (κ1) is 19.5. The molecule has 0 fully saturated rings. The highest BCUT2D eigenvalue weighted by Gasteiger charge is 2.06. The molecule has 1 N–H and O–H groups in total. The van der Waals surface area contributed by atoms with E-state index in [9.17, 15) is 4.39 Å². The van der Waals surface area contributed by atoms with Gasteiger partial charge in [-0.3, -0.25) is 0 Å². The van der Waals surface area contributed by atoms with Gasteiger partial charge in [-0.1, -0.05) is 35.9 Å². The summed E-state index contributed by atoms with van der Waals surface area (Å²) in [7, 11) is 0. The maximum atomic E-state index is 12.8. The van der Waals surface area contributed by atoms with E-state index in [2.05, 4.69) is 5.32 Å². The second-order valence-electron chi connectivity index (χ2n) is 5.78. The molecule has 0 aliphatic heterocycles. The van der Waals surface area contributed by atoms with Gasteiger partial charge in [0.2, 0.25) is 0 Å². The molecule has 1 aromatic heterocycles. The van der Waals surface area contributed by atoms with E-state index >= 15 is 0 Å². The van der Waals surface area contributed by atoms with Gasteiger partial charge >= 0.3 is 0 Å². The number of furan rings is 1. The smallest absolute Gasteiger partial charge is 0.134 e. The molecule has 5 heteroatoms. The molecule has 0 aliphatic carbocycles. The fourth-order valence-corrected chi connectivity index (χ4v) is 2.65. The fourth-order valence-electron chi connectivity index (χ4n) is 2.47. The van der Waals surface area contributed by atoms with E-state index in [1.165, 1.54) is 12.1 Å². The third kappa shape index (κ3) is 5.33. The highest BCUT2D eigenvalue weighted by molar-refractivity contribution is 6.31. The van der Waals surface area contributed by atoms with Crippen LogP contribution in [0.3, 0.4) is 0 Å². The first-order valence-electron chi connectivity index (χ1n) is 7.92. The van der Waals surface area contributed by atoms with Crippen molar-refractivity contribution in [1.82, 2.24) is 5.32 Å². The largest absolute Gasteiger partial charge is 0.460 e. The first-order chi connectivity index (χ1) is 11.6. The fraction of sp³-hybridized carbons (Fsp3) is 0.200. The number of aryl methyl sites for hydroxylation is 1. The van der Waals surface area contributed by atoms with Crippen molar-refractivity contribution in [3.63, 3.8) is 0 Å². The second kappa shape index (κ2) is 9.04. The summed E-state index contributed by atoms with van der Waals surface area (Å²) in [6.07, 6.45) is 0.849. The first-order valence-corrected chi connectivity index (χ1v) is 8.30. The second-order valence-corrected chi connectivity index (χ2v) is 6.19. The number of hydrogen-bond acceptors (Lipinski definition) is 2. The van der Waals surface area contributed by atoms with Crippen LogP contribution < -0.4 is 5.32 Å². The zero-order chi connectivity index (χ0) is 16.9. The van der Waals surface area contributed by atoms with Crippen LogP contribution in [0, 0.1) is 12.7 Å². The zero-order valence-corrected chi connectivity index (χ0v) is 15.5. The Morgan fingerprint density at radius 2 is 1.80 bits per heavy atom. The van der Waals surface area contributed by atoms with Gasteiger partial charge in [0, 0.05) is 10.6 Å². The number of rotatable bonds is 6. The van der Waals surface area contributed by atoms with E-state index in [0.717, 1.165) is 46.2 Å². The summed E-state index contributed by atoms with van der Waals surface area (Å²) in [6.45, 7) is 3.43. The Balaban J connectivity index is 0.00000225. The molecule has 3 aromatic rings. The Morgan fingerprint density at radius 3 is 2.52 bits per heavy atom. The van der Waals surface area contributed by atoms with Crippen LogP contribution in [0.15, 0.2) is 59.0 Å². The Bertz CT molecular complexity index is 815. The van der Waals surface area contributed by atoms with Gasteiger partial charge in [-0.25, -0.2) is 4.39 Å². The summed E-state index contributed by atoms with van der Waals surface area (Å²) in [4.78, 5) is 0. The van der Waals surface area contributed by atoms with Crippen molar-refractivity contribution in [2.45, 2.75) is 19.9 Å². The average Bonchev–Trinajstić information content (AvgIpc) is 3.05. The Kier molecular flexibility index (Phi) is 7.06. The van der Waals surface area contributed by atoms with E-state index in [4.69, 9.17) is 16.0 Å². The number of halogens is 3. The van der Waals surface area contributed by atoms with E-state index in [0.29, 0.717) is 6.54 Å². The molecular weight excluding hydrogens is 360 g/mol. The molecule has 0 aliphatic rings. The summed E-state index contributed by atoms with van der Waals surface area (Å²) in [5.41, 5.74) is 3.14. The third-order valence-electron chi connectivity index (χ3n) is 3.92. The lowest BCUT2D eigenvalue weighted by Crippen LogP contribution is -2.16. The predicted octanol–water partition coefficient (Wildman–Crippen LogP) is 5.80. The molecule has 0 saturated carbocycles. The van der Waals surface area contributed by atoms with Crippen LogP contribution in [-0.4, -0.2) is 6.54 Å². The van der Waals surface area contributed by atoms with E-state index < -0.39 is 0 Å². The topological polar surface area (TPSA) is 25.2 Å². The van der Waals surface area contributed by atoms with Crippen molar-refractivity contribution >= 4 is 24.0 Å². The number of hydrogen-bond donors (Lipinski definition) is 1. The van der Waals surface area contributed by atoms with Crippen molar-refractivity contribution in [2.75, 3.05) is 6.54 Å². The molecule has 0 bridgehead atoms. The highest BCUT2D eigenvalue weighted by Crippen LogP contribution is 2.26. The van der Waals surface area contributed by atoms with Crippen molar-refractivity contribution in [3.05, 3.63) is 82.3 Å². The van der Waals surface area contributed by atoms with Crippen LogP contribution in [0.25, 0.3) is 11.3 Å². The summed E-state index contributed by atoms with van der Waals surface area (Å²) in [6, 6.07) is 16.4. The molecule has 0 atom stereocenters. The molecule has 132 valence electrons. The molecule has 0 spiro atoms. The lowest BCUT2D eigenvalue weighted by Gasteiger charge is -2.04. The Morgan fingerprint density at radius 1 is 1.04 bits per heavy atom. The molecule has 2 nitrogen and oxygen atoms in total. The molecule has 25 heavy (non-hydrogen) atoms. The molecule has 3 rings (SSSR count). The van der Waals surface area contributed by atoms with Crippen LogP contribution in [0.1, 0.15) is 16.9 Å². The van der Waals surface area contributed by atoms with Gasteiger partial charge in [0.15, 0.2) is 0 Å². The monoisotopic (exact) mass is 379 g/mol. The number of nitrogens with one attached hydrogen (secondary N) is 1. The molecule has 1 heterocycles. The lowest BCUT2D eigenvalue weighted by molar-refractivity contribution is 0.494. The van der Waals surface area contributed by atoms with Gasteiger partial charge in [0.25, 0.3) is 0 Å². The minimum absolute atomic E-state index is 0. The standard InChI is InChI=1S/C20H19ClFNO.ClH/c1-14-2-5-16(12-19(14)21)20-9-8-18(24-20)13-23-11-10-15-3-6-17(22)7-4-15;/h2-9,12,23H,10-11,13H2,1H3;1H. The van der Waals surface area contributed by atoms with Gasteiger partial charge in [-0.15, -0.1) is 12.4 Å². The van der Waals surface area contributed by atoms with Crippen LogP contribution in [-0.2, 0) is 13.0 Å². The lowest BCUT2D eigenvalue weighted by atomic mass is 10.1. The Hall–Kier alpha value is -1.81. The zero-order valence-electron chi connectivity index (χ0n) is 13.9. The number of benzene rings is 2. The SMILES string of the molecule is Cc1ccc(-c2ccc(CNCCc3ccc(F)cc3)o2)cc1Cl.Cl. The van der Waals surface area contributed by atoms with Crippen LogP contribution in [0.4, 0.5) is 4.39 Å². The summed E-state index contributed by atoms with van der Waals surface area (Å²) < 4.78 is 18.7. The van der Waals surface area contributed by atoms with E-state index in [1.54, 1.807) is 0 Å². The average molecular weight is 380 g/mol. The normalized spacial score (nSPS) is 10.5. The maximum Gasteiger partial charge on any atom is 0.134 e. The van der Waals surface area contributed by atoms with Crippen LogP contribution in [0.5, 0.6) is 0 Å². The predicted molar refractivity (Wildman–Crippen MR) is 103 cm³/mol. The molecule has 0 radical (unpaired) electrons. The van der Waals surface area contributed by atoms with Crippen molar-refractivity contribution < 1.29 is 8.81 Å². The van der Waals surface area contributed by atoms with Crippen molar-refractivity contribution in [1.29, 1.82) is 0 Å². The summed E-state index contributed by atoms with van der Waals surface area (Å²) in [5, 5.41) is 4.08. The summed E-state index contributed by atoms with van der Waals surface area (Å²) >= 11 is 6.16. The quantitative estimate of drug-likeness (QED) is 0.547. The minimum Gasteiger partial charge on any atom is -0.460 e. The molecule has 0 unspecified atom stereocenters. The van der Waals surface area contributed by atoms with Gasteiger partial charge in [-0.2, -0.15) is 0 Å². The molecule has 2 aromatic carbocycles. The van der Waals surface area contributed by atoms with Crippen molar-refractivity contribution in [2.24, 2.45) is 0 Å². The minimum atomic E-state index is -0.203. The summed E-state index contributed by atoms with van der Waals surface area (Å²) in [5.74, 6) is 1.49. The van der Waals surface area contributed by atoms with E-state index in [-0.39, 0.29) is 18.2 Å². The van der Waals surface area contributed by atoms with Gasteiger partial charge in [0.1, 0.15) is 17.3 Å². The van der Waals surface area contributed by atoms with Crippen LogP contribution in [0.2, 0.25) is 5.02 Å². The highest BCUT2D eigenvalue weighted by atomic mass is 35.5. The van der Waals surface area contributed by atoms with Gasteiger partial charge < -0.3 is 9.73 Å². The van der Waals surface area contributed by atoms with E-state index in [1.807, 2.05) is 49.4 Å². The Labute approximate surface area is 158 Å². The molecular formula is C20H20Cl2FNO. The maximum absolute atomic E-state index is 12.8. The van der Waals surface area contributed by atoms with Gasteiger partial charge in [0.05, 0.1) is 6.54 Å².